The lowest BCUT2D eigenvalue weighted by Crippen LogP contribution is -2.40. The Labute approximate surface area is 74.6 Å². The molecule has 0 saturated carbocycles. The van der Waals surface area contributed by atoms with E-state index >= 15 is 0 Å². The molecule has 0 saturated heterocycles. The molecule has 0 fully saturated rings. The summed E-state index contributed by atoms with van der Waals surface area (Å²) in [6.07, 6.45) is 2.23. The van der Waals surface area contributed by atoms with Crippen LogP contribution in [0.15, 0.2) is 12.2 Å². The first-order valence-electron chi connectivity index (χ1n) is 3.76. The maximum atomic E-state index is 10.9. The molecule has 70 valence electrons. The number of carbonyl (C=O) groups excluding carboxylic acids is 3. The number of aliphatic carboxylic acids is 1. The number of carbonyl (C=O) groups is 3. The van der Waals surface area contributed by atoms with Crippen molar-refractivity contribution in [1.29, 1.82) is 0 Å². The van der Waals surface area contributed by atoms with Crippen LogP contribution >= 0.6 is 0 Å². The zero-order valence-corrected chi connectivity index (χ0v) is 7.02. The molecule has 2 amide bonds. The van der Waals surface area contributed by atoms with Crippen molar-refractivity contribution >= 4 is 17.8 Å². The Balaban J connectivity index is 2.60. The smallest absolute Gasteiger partial charge is 0.253 e. The predicted octanol–water partition coefficient (Wildman–Crippen LogP) is -1.70. The minimum Gasteiger partial charge on any atom is -0.550 e. The molecule has 5 heteroatoms. The van der Waals surface area contributed by atoms with Gasteiger partial charge in [0.25, 0.3) is 11.8 Å². The highest BCUT2D eigenvalue weighted by molar-refractivity contribution is 6.13. The minimum atomic E-state index is -1.27. The van der Waals surface area contributed by atoms with Gasteiger partial charge in [-0.2, -0.15) is 0 Å². The Hall–Kier alpha value is -1.65. The van der Waals surface area contributed by atoms with Gasteiger partial charge in [-0.25, -0.2) is 0 Å². The molecule has 0 N–H and O–H groups in total. The number of amides is 2. The van der Waals surface area contributed by atoms with Gasteiger partial charge in [0, 0.05) is 30.6 Å². The molecule has 0 spiro atoms. The van der Waals surface area contributed by atoms with Crippen LogP contribution in [0.3, 0.4) is 0 Å². The molecule has 0 radical (unpaired) electrons. The van der Waals surface area contributed by atoms with Crippen LogP contribution in [0.4, 0.5) is 0 Å². The summed E-state index contributed by atoms with van der Waals surface area (Å²) in [4.78, 5) is 33.1. The van der Waals surface area contributed by atoms with Gasteiger partial charge in [-0.05, 0) is 0 Å². The number of carboxylic acid groups (broad SMARTS) is 1. The van der Waals surface area contributed by atoms with Crippen molar-refractivity contribution in [3.05, 3.63) is 12.2 Å². The van der Waals surface area contributed by atoms with Crippen molar-refractivity contribution in [2.24, 2.45) is 5.92 Å². The van der Waals surface area contributed by atoms with Gasteiger partial charge in [-0.15, -0.1) is 0 Å². The molecule has 5 nitrogen and oxygen atoms in total. The number of hydrogen-bond acceptors (Lipinski definition) is 4. The summed E-state index contributed by atoms with van der Waals surface area (Å²) in [6.45, 7) is 1.25. The minimum absolute atomic E-state index is 0.132. The van der Waals surface area contributed by atoms with Crippen molar-refractivity contribution in [1.82, 2.24) is 4.90 Å². The fourth-order valence-electron chi connectivity index (χ4n) is 0.959. The Bertz CT molecular complexity index is 277. The van der Waals surface area contributed by atoms with E-state index in [2.05, 4.69) is 0 Å². The Morgan fingerprint density at radius 1 is 1.46 bits per heavy atom. The normalized spacial score (nSPS) is 18.1. The first-order chi connectivity index (χ1) is 6.02. The summed E-state index contributed by atoms with van der Waals surface area (Å²) < 4.78 is 0. The molecule has 1 aliphatic rings. The number of rotatable bonds is 3. The van der Waals surface area contributed by atoms with Gasteiger partial charge in [0.05, 0.1) is 0 Å². The maximum Gasteiger partial charge on any atom is 0.253 e. The second-order valence-electron chi connectivity index (χ2n) is 2.84. The quantitative estimate of drug-likeness (QED) is 0.487. The Morgan fingerprint density at radius 2 is 1.92 bits per heavy atom. The van der Waals surface area contributed by atoms with Crippen LogP contribution in [0, 0.1) is 5.92 Å². The van der Waals surface area contributed by atoms with E-state index in [1.54, 1.807) is 0 Å². The van der Waals surface area contributed by atoms with Crippen LogP contribution in [0.2, 0.25) is 0 Å². The number of imide groups is 1. The van der Waals surface area contributed by atoms with Crippen molar-refractivity contribution in [3.63, 3.8) is 0 Å². The first kappa shape index (κ1) is 9.44. The van der Waals surface area contributed by atoms with Crippen molar-refractivity contribution in [2.75, 3.05) is 6.54 Å². The second kappa shape index (κ2) is 3.38. The van der Waals surface area contributed by atoms with E-state index in [1.807, 2.05) is 0 Å². The van der Waals surface area contributed by atoms with Crippen molar-refractivity contribution in [2.45, 2.75) is 6.92 Å². The Morgan fingerprint density at radius 3 is 2.31 bits per heavy atom. The van der Waals surface area contributed by atoms with E-state index in [4.69, 9.17) is 0 Å². The van der Waals surface area contributed by atoms with Gasteiger partial charge in [0.15, 0.2) is 0 Å². The summed E-state index contributed by atoms with van der Waals surface area (Å²) >= 11 is 0. The number of nitrogens with zero attached hydrogens (tertiary/aromatic N) is 1. The van der Waals surface area contributed by atoms with Gasteiger partial charge in [0.1, 0.15) is 0 Å². The highest BCUT2D eigenvalue weighted by Gasteiger charge is 2.24. The molecule has 1 rings (SSSR count). The molecule has 0 aromatic rings. The van der Waals surface area contributed by atoms with E-state index in [1.165, 1.54) is 6.92 Å². The van der Waals surface area contributed by atoms with Gasteiger partial charge >= 0.3 is 0 Å². The first-order valence-corrected chi connectivity index (χ1v) is 3.76. The fourth-order valence-corrected chi connectivity index (χ4v) is 0.959. The number of hydrogen-bond donors (Lipinski definition) is 0. The lowest BCUT2D eigenvalue weighted by atomic mass is 10.2. The number of carboxylic acids is 1. The van der Waals surface area contributed by atoms with E-state index in [0.29, 0.717) is 0 Å². The summed E-state index contributed by atoms with van der Waals surface area (Å²) in [5, 5.41) is 10.3. The van der Waals surface area contributed by atoms with E-state index in [0.717, 1.165) is 17.1 Å². The van der Waals surface area contributed by atoms with Crippen LogP contribution in [0.5, 0.6) is 0 Å². The van der Waals surface area contributed by atoms with Crippen LogP contribution in [-0.2, 0) is 14.4 Å². The zero-order valence-electron chi connectivity index (χ0n) is 7.02. The average molecular weight is 182 g/mol. The van der Waals surface area contributed by atoms with Gasteiger partial charge in [0.2, 0.25) is 0 Å². The lowest BCUT2D eigenvalue weighted by molar-refractivity contribution is -0.311. The highest BCUT2D eigenvalue weighted by Crippen LogP contribution is 2.06. The molecule has 0 aromatic carbocycles. The molecule has 0 bridgehead atoms. The van der Waals surface area contributed by atoms with Gasteiger partial charge < -0.3 is 9.90 Å². The standard InChI is InChI=1S/C8H9NO4/c1-5(8(12)13)4-9-6(10)2-3-7(9)11/h2-3,5H,4H2,1H3,(H,12,13)/p-1. The molecule has 1 unspecified atom stereocenters. The summed E-state index contributed by atoms with van der Waals surface area (Å²) in [5.41, 5.74) is 0. The molecule has 1 atom stereocenters. The van der Waals surface area contributed by atoms with Crippen LogP contribution < -0.4 is 5.11 Å². The molecule has 13 heavy (non-hydrogen) atoms. The summed E-state index contributed by atoms with van der Waals surface area (Å²) in [5.74, 6) is -3.06. The van der Waals surface area contributed by atoms with Crippen molar-refractivity contribution in [3.8, 4) is 0 Å². The predicted molar refractivity (Wildman–Crippen MR) is 40.0 cm³/mol. The molecule has 0 aliphatic carbocycles. The topological polar surface area (TPSA) is 77.5 Å². The average Bonchev–Trinajstić information content (AvgIpc) is 2.35. The lowest BCUT2D eigenvalue weighted by Gasteiger charge is -2.19. The highest BCUT2D eigenvalue weighted by atomic mass is 16.4. The molecule has 1 heterocycles. The third-order valence-electron chi connectivity index (χ3n) is 1.76. The third-order valence-corrected chi connectivity index (χ3v) is 1.76. The SMILES string of the molecule is CC(CN1C(=O)C=CC1=O)C(=O)[O-]. The zero-order chi connectivity index (χ0) is 10.0. The fraction of sp³-hybridized carbons (Fsp3) is 0.375. The largest absolute Gasteiger partial charge is 0.550 e. The maximum absolute atomic E-state index is 10.9. The monoisotopic (exact) mass is 182 g/mol. The van der Waals surface area contributed by atoms with Crippen LogP contribution in [0.25, 0.3) is 0 Å². The Kier molecular flexibility index (Phi) is 2.46. The van der Waals surface area contributed by atoms with Gasteiger partial charge in [-0.1, -0.05) is 6.92 Å². The molecule has 0 aromatic heterocycles. The summed E-state index contributed by atoms with van der Waals surface area (Å²) in [7, 11) is 0. The van der Waals surface area contributed by atoms with E-state index in [9.17, 15) is 19.5 Å². The van der Waals surface area contributed by atoms with E-state index in [-0.39, 0.29) is 6.54 Å². The van der Waals surface area contributed by atoms with Gasteiger partial charge in [-0.3, -0.25) is 14.5 Å². The van der Waals surface area contributed by atoms with E-state index < -0.39 is 23.7 Å². The van der Waals surface area contributed by atoms with Crippen LogP contribution in [-0.4, -0.2) is 29.2 Å². The molecular formula is C8H8NO4-. The van der Waals surface area contributed by atoms with Crippen molar-refractivity contribution < 1.29 is 19.5 Å². The van der Waals surface area contributed by atoms with Crippen LogP contribution in [0.1, 0.15) is 6.92 Å². The summed E-state index contributed by atoms with van der Waals surface area (Å²) in [6, 6.07) is 0. The molecule has 1 aliphatic heterocycles. The second-order valence-corrected chi connectivity index (χ2v) is 2.84. The third kappa shape index (κ3) is 1.93. The molecular weight excluding hydrogens is 174 g/mol.